The summed E-state index contributed by atoms with van der Waals surface area (Å²) in [7, 11) is 0. The Kier molecular flexibility index (Phi) is 4.36. The van der Waals surface area contributed by atoms with Crippen molar-refractivity contribution in [3.05, 3.63) is 11.9 Å². The molecule has 1 atom stereocenters. The molecule has 1 fully saturated rings. The smallest absolute Gasteiger partial charge is 0.158 e. The molecule has 18 heavy (non-hydrogen) atoms. The van der Waals surface area contributed by atoms with Crippen molar-refractivity contribution < 1.29 is 4.74 Å². The lowest BCUT2D eigenvalue weighted by atomic mass is 10.1. The van der Waals surface area contributed by atoms with E-state index in [-0.39, 0.29) is 0 Å². The standard InChI is InChI=1S/C13H22N4O/c1-3-18-8-13-16-11(14)7-12(17-13)15-9(2)6-10-4-5-10/h7,9-10H,3-6,8H2,1-2H3,(H3,14,15,16,17). The quantitative estimate of drug-likeness (QED) is 0.776. The fraction of sp³-hybridized carbons (Fsp3) is 0.692. The molecule has 0 saturated heterocycles. The number of nitrogens with one attached hydrogen (secondary N) is 1. The van der Waals surface area contributed by atoms with Gasteiger partial charge in [-0.1, -0.05) is 12.8 Å². The Morgan fingerprint density at radius 3 is 2.94 bits per heavy atom. The Labute approximate surface area is 108 Å². The van der Waals surface area contributed by atoms with Crippen LogP contribution in [-0.4, -0.2) is 22.6 Å². The maximum absolute atomic E-state index is 5.77. The fourth-order valence-corrected chi connectivity index (χ4v) is 2.01. The lowest BCUT2D eigenvalue weighted by Gasteiger charge is -2.15. The molecule has 0 aromatic carbocycles. The third-order valence-electron chi connectivity index (χ3n) is 3.01. The average Bonchev–Trinajstić information content (AvgIpc) is 3.09. The van der Waals surface area contributed by atoms with Crippen molar-refractivity contribution in [2.75, 3.05) is 17.7 Å². The number of anilines is 2. The first-order chi connectivity index (χ1) is 8.67. The summed E-state index contributed by atoms with van der Waals surface area (Å²) < 4.78 is 5.30. The first-order valence-corrected chi connectivity index (χ1v) is 6.65. The van der Waals surface area contributed by atoms with E-state index in [9.17, 15) is 0 Å². The highest BCUT2D eigenvalue weighted by Crippen LogP contribution is 2.34. The lowest BCUT2D eigenvalue weighted by Crippen LogP contribution is -2.18. The van der Waals surface area contributed by atoms with E-state index in [4.69, 9.17) is 10.5 Å². The molecule has 1 aromatic heterocycles. The summed E-state index contributed by atoms with van der Waals surface area (Å²) in [6.07, 6.45) is 3.94. The first kappa shape index (κ1) is 13.1. The molecule has 0 amide bonds. The van der Waals surface area contributed by atoms with Gasteiger partial charge in [-0.05, 0) is 26.2 Å². The average molecular weight is 250 g/mol. The third kappa shape index (κ3) is 4.14. The van der Waals surface area contributed by atoms with Gasteiger partial charge in [0.1, 0.15) is 18.2 Å². The van der Waals surface area contributed by atoms with E-state index in [1.165, 1.54) is 19.3 Å². The summed E-state index contributed by atoms with van der Waals surface area (Å²) in [5.41, 5.74) is 5.77. The van der Waals surface area contributed by atoms with Crippen molar-refractivity contribution >= 4 is 11.6 Å². The van der Waals surface area contributed by atoms with Crippen molar-refractivity contribution in [1.29, 1.82) is 0 Å². The van der Waals surface area contributed by atoms with Gasteiger partial charge in [0.2, 0.25) is 0 Å². The zero-order valence-corrected chi connectivity index (χ0v) is 11.1. The van der Waals surface area contributed by atoms with Gasteiger partial charge in [-0.25, -0.2) is 9.97 Å². The minimum Gasteiger partial charge on any atom is -0.384 e. The molecule has 5 nitrogen and oxygen atoms in total. The van der Waals surface area contributed by atoms with Crippen LogP contribution in [0.3, 0.4) is 0 Å². The number of rotatable bonds is 7. The van der Waals surface area contributed by atoms with E-state index in [1.807, 2.05) is 6.92 Å². The highest BCUT2D eigenvalue weighted by Gasteiger charge is 2.23. The van der Waals surface area contributed by atoms with Crippen LogP contribution in [0.4, 0.5) is 11.6 Å². The molecule has 1 aliphatic rings. The predicted molar refractivity (Wildman–Crippen MR) is 72.2 cm³/mol. The number of hydrogen-bond acceptors (Lipinski definition) is 5. The zero-order chi connectivity index (χ0) is 13.0. The normalized spacial score (nSPS) is 16.6. The van der Waals surface area contributed by atoms with Crippen LogP contribution in [0.15, 0.2) is 6.07 Å². The number of nitrogens with two attached hydrogens (primary N) is 1. The Morgan fingerprint density at radius 1 is 1.50 bits per heavy atom. The molecule has 0 radical (unpaired) electrons. The van der Waals surface area contributed by atoms with Gasteiger partial charge >= 0.3 is 0 Å². The SMILES string of the molecule is CCOCc1nc(N)cc(NC(C)CC2CC2)n1. The minimum atomic E-state index is 0.410. The number of ether oxygens (including phenoxy) is 1. The van der Waals surface area contributed by atoms with Gasteiger partial charge in [-0.3, -0.25) is 0 Å². The highest BCUT2D eigenvalue weighted by molar-refractivity contribution is 5.45. The molecule has 0 bridgehead atoms. The van der Waals surface area contributed by atoms with Gasteiger partial charge in [0, 0.05) is 18.7 Å². The second kappa shape index (κ2) is 6.00. The molecule has 1 saturated carbocycles. The Hall–Kier alpha value is -1.36. The van der Waals surface area contributed by atoms with Crippen LogP contribution in [0.1, 0.15) is 38.9 Å². The van der Waals surface area contributed by atoms with Gasteiger partial charge in [0.15, 0.2) is 5.82 Å². The van der Waals surface area contributed by atoms with Crippen LogP contribution >= 0.6 is 0 Å². The molecule has 1 aromatic rings. The molecule has 1 unspecified atom stereocenters. The van der Waals surface area contributed by atoms with Gasteiger partial charge in [-0.15, -0.1) is 0 Å². The number of nitrogens with zero attached hydrogens (tertiary/aromatic N) is 2. The van der Waals surface area contributed by atoms with E-state index in [1.54, 1.807) is 6.07 Å². The molecule has 100 valence electrons. The zero-order valence-electron chi connectivity index (χ0n) is 11.1. The van der Waals surface area contributed by atoms with Gasteiger partial charge in [0.25, 0.3) is 0 Å². The molecular formula is C13H22N4O. The molecular weight excluding hydrogens is 228 g/mol. The summed E-state index contributed by atoms with van der Waals surface area (Å²) in [4.78, 5) is 8.57. The predicted octanol–water partition coefficient (Wildman–Crippen LogP) is 2.20. The second-order valence-corrected chi connectivity index (χ2v) is 4.96. The molecule has 0 spiro atoms. The summed E-state index contributed by atoms with van der Waals surface area (Å²) in [5, 5.41) is 3.38. The first-order valence-electron chi connectivity index (χ1n) is 6.65. The maximum Gasteiger partial charge on any atom is 0.158 e. The van der Waals surface area contributed by atoms with Crippen molar-refractivity contribution in [2.24, 2.45) is 5.92 Å². The van der Waals surface area contributed by atoms with Crippen molar-refractivity contribution in [3.8, 4) is 0 Å². The van der Waals surface area contributed by atoms with Crippen LogP contribution in [0.5, 0.6) is 0 Å². The molecule has 1 aliphatic carbocycles. The molecule has 0 aliphatic heterocycles. The largest absolute Gasteiger partial charge is 0.384 e. The minimum absolute atomic E-state index is 0.410. The van der Waals surface area contributed by atoms with E-state index >= 15 is 0 Å². The van der Waals surface area contributed by atoms with Crippen molar-refractivity contribution in [1.82, 2.24) is 9.97 Å². The van der Waals surface area contributed by atoms with Gasteiger partial charge < -0.3 is 15.8 Å². The monoisotopic (exact) mass is 250 g/mol. The van der Waals surface area contributed by atoms with E-state index in [2.05, 4.69) is 22.2 Å². The Balaban J connectivity index is 1.94. The summed E-state index contributed by atoms with van der Waals surface area (Å²) >= 11 is 0. The van der Waals surface area contributed by atoms with Crippen molar-refractivity contribution in [3.63, 3.8) is 0 Å². The summed E-state index contributed by atoms with van der Waals surface area (Å²) in [6, 6.07) is 2.20. The topological polar surface area (TPSA) is 73.1 Å². The third-order valence-corrected chi connectivity index (χ3v) is 3.01. The van der Waals surface area contributed by atoms with Gasteiger partial charge in [0.05, 0.1) is 0 Å². The summed E-state index contributed by atoms with van der Waals surface area (Å²) in [5.74, 6) is 2.82. The molecule has 3 N–H and O–H groups in total. The molecule has 1 heterocycles. The highest BCUT2D eigenvalue weighted by atomic mass is 16.5. The van der Waals surface area contributed by atoms with Crippen LogP contribution < -0.4 is 11.1 Å². The Bertz CT molecular complexity index is 393. The van der Waals surface area contributed by atoms with E-state index in [0.29, 0.717) is 30.9 Å². The number of hydrogen-bond donors (Lipinski definition) is 2. The second-order valence-electron chi connectivity index (χ2n) is 4.96. The lowest BCUT2D eigenvalue weighted by molar-refractivity contribution is 0.128. The molecule has 5 heteroatoms. The Morgan fingerprint density at radius 2 is 2.28 bits per heavy atom. The maximum atomic E-state index is 5.77. The van der Waals surface area contributed by atoms with E-state index < -0.39 is 0 Å². The van der Waals surface area contributed by atoms with Gasteiger partial charge in [-0.2, -0.15) is 0 Å². The van der Waals surface area contributed by atoms with E-state index in [0.717, 1.165) is 11.7 Å². The summed E-state index contributed by atoms with van der Waals surface area (Å²) in [6.45, 7) is 5.19. The van der Waals surface area contributed by atoms with Crippen molar-refractivity contribution in [2.45, 2.75) is 45.8 Å². The number of nitrogen functional groups attached to an aromatic ring is 1. The molecule has 2 rings (SSSR count). The number of aromatic nitrogens is 2. The van der Waals surface area contributed by atoms with Crippen LogP contribution in [0.2, 0.25) is 0 Å². The van der Waals surface area contributed by atoms with Crippen LogP contribution in [0.25, 0.3) is 0 Å². The van der Waals surface area contributed by atoms with Crippen LogP contribution in [-0.2, 0) is 11.3 Å². The van der Waals surface area contributed by atoms with Crippen LogP contribution in [0, 0.1) is 5.92 Å². The fourth-order valence-electron chi connectivity index (χ4n) is 2.01.